The van der Waals surface area contributed by atoms with Crippen LogP contribution in [0.25, 0.3) is 0 Å². The first-order chi connectivity index (χ1) is 23.2. The number of esters is 1. The van der Waals surface area contributed by atoms with Gasteiger partial charge in [-0.25, -0.2) is 0 Å². The molecule has 0 rings (SSSR count). The lowest BCUT2D eigenvalue weighted by molar-refractivity contribution is -0.154. The van der Waals surface area contributed by atoms with Crippen molar-refractivity contribution in [3.05, 3.63) is 0 Å². The van der Waals surface area contributed by atoms with Crippen LogP contribution in [-0.4, -0.2) is 37.0 Å². The van der Waals surface area contributed by atoms with E-state index < -0.39 is 6.10 Å². The van der Waals surface area contributed by atoms with E-state index in [1.54, 1.807) is 0 Å². The molecule has 282 valence electrons. The molecule has 47 heavy (non-hydrogen) atoms. The molecular weight excluding hydrogens is 580 g/mol. The number of unbranched alkanes of at least 4 members (excludes halogenated alkanes) is 33. The standard InChI is InChI=1S/C43H86O4/c1-3-5-7-9-11-13-15-17-19-20-21-22-23-24-25-26-28-30-32-34-36-38-43(45)47-42(40-44)41-46-39-37-35-33-31-29-27-18-16-14-12-10-8-6-4-2/h42,44H,3-41H2,1-2H3. The summed E-state index contributed by atoms with van der Waals surface area (Å²) < 4.78 is 11.2. The molecule has 4 nitrogen and oxygen atoms in total. The van der Waals surface area contributed by atoms with Crippen LogP contribution in [0, 0.1) is 0 Å². The number of carbonyl (C=O) groups excluding carboxylic acids is 1. The summed E-state index contributed by atoms with van der Waals surface area (Å²) in [5, 5.41) is 9.59. The lowest BCUT2D eigenvalue weighted by atomic mass is 10.0. The first-order valence-electron chi connectivity index (χ1n) is 21.6. The summed E-state index contributed by atoms with van der Waals surface area (Å²) in [6.07, 6.45) is 47.3. The van der Waals surface area contributed by atoms with Crippen molar-refractivity contribution in [2.45, 2.75) is 251 Å². The number of carbonyl (C=O) groups is 1. The molecule has 0 aromatic carbocycles. The van der Waals surface area contributed by atoms with Crippen molar-refractivity contribution in [1.29, 1.82) is 0 Å². The first-order valence-corrected chi connectivity index (χ1v) is 21.6. The van der Waals surface area contributed by atoms with Crippen LogP contribution in [0.5, 0.6) is 0 Å². The molecule has 0 saturated carbocycles. The third kappa shape index (κ3) is 39.7. The highest BCUT2D eigenvalue weighted by molar-refractivity contribution is 5.69. The summed E-state index contributed by atoms with van der Waals surface area (Å²) >= 11 is 0. The van der Waals surface area contributed by atoms with Gasteiger partial charge in [-0.3, -0.25) is 4.79 Å². The minimum Gasteiger partial charge on any atom is -0.457 e. The molecule has 0 radical (unpaired) electrons. The summed E-state index contributed by atoms with van der Waals surface area (Å²) in [7, 11) is 0. The zero-order valence-corrected chi connectivity index (χ0v) is 32.3. The van der Waals surface area contributed by atoms with Gasteiger partial charge in [0.1, 0.15) is 6.10 Å². The van der Waals surface area contributed by atoms with Crippen LogP contribution in [0.3, 0.4) is 0 Å². The minimum absolute atomic E-state index is 0.163. The Kier molecular flexibility index (Phi) is 41.0. The average Bonchev–Trinajstić information content (AvgIpc) is 3.08. The fourth-order valence-electron chi connectivity index (χ4n) is 6.68. The van der Waals surface area contributed by atoms with Crippen LogP contribution >= 0.6 is 0 Å². The second-order valence-corrected chi connectivity index (χ2v) is 14.8. The second kappa shape index (κ2) is 41.6. The topological polar surface area (TPSA) is 55.8 Å². The number of aliphatic hydroxyl groups excluding tert-OH is 1. The molecule has 0 heterocycles. The minimum atomic E-state index is -0.524. The molecule has 0 aliphatic carbocycles. The van der Waals surface area contributed by atoms with Gasteiger partial charge in [-0.1, -0.05) is 226 Å². The van der Waals surface area contributed by atoms with Gasteiger partial charge in [0.2, 0.25) is 0 Å². The predicted octanol–water partition coefficient (Wildman–Crippen LogP) is 14.0. The molecule has 0 saturated heterocycles. The van der Waals surface area contributed by atoms with Crippen molar-refractivity contribution in [1.82, 2.24) is 0 Å². The largest absolute Gasteiger partial charge is 0.457 e. The van der Waals surface area contributed by atoms with Crippen LogP contribution in [0.4, 0.5) is 0 Å². The maximum atomic E-state index is 12.2. The van der Waals surface area contributed by atoms with E-state index in [0.717, 1.165) is 19.3 Å². The molecule has 1 atom stereocenters. The highest BCUT2D eigenvalue weighted by Gasteiger charge is 2.13. The number of ether oxygens (including phenoxy) is 2. The Morgan fingerprint density at radius 2 is 0.702 bits per heavy atom. The SMILES string of the molecule is CCCCCCCCCCCCCCCCCCCCCCCC(=O)OC(CO)COCCCCCCCCCCCCCCCC. The monoisotopic (exact) mass is 667 g/mol. The van der Waals surface area contributed by atoms with Crippen molar-refractivity contribution in [3.63, 3.8) is 0 Å². The lowest BCUT2D eigenvalue weighted by Crippen LogP contribution is -2.27. The molecule has 0 bridgehead atoms. The van der Waals surface area contributed by atoms with Gasteiger partial charge in [0.15, 0.2) is 0 Å². The van der Waals surface area contributed by atoms with Crippen LogP contribution in [-0.2, 0) is 14.3 Å². The summed E-state index contributed by atoms with van der Waals surface area (Å²) in [4.78, 5) is 12.2. The van der Waals surface area contributed by atoms with E-state index in [-0.39, 0.29) is 12.6 Å². The second-order valence-electron chi connectivity index (χ2n) is 14.8. The molecule has 0 fully saturated rings. The van der Waals surface area contributed by atoms with E-state index in [0.29, 0.717) is 19.6 Å². The van der Waals surface area contributed by atoms with Crippen molar-refractivity contribution in [2.24, 2.45) is 0 Å². The van der Waals surface area contributed by atoms with Crippen LogP contribution in [0.1, 0.15) is 245 Å². The van der Waals surface area contributed by atoms with Gasteiger partial charge >= 0.3 is 5.97 Å². The maximum Gasteiger partial charge on any atom is 0.306 e. The van der Waals surface area contributed by atoms with Crippen molar-refractivity contribution < 1.29 is 19.4 Å². The van der Waals surface area contributed by atoms with Crippen LogP contribution in [0.15, 0.2) is 0 Å². The highest BCUT2D eigenvalue weighted by atomic mass is 16.6. The van der Waals surface area contributed by atoms with E-state index in [1.807, 2.05) is 0 Å². The normalized spacial score (nSPS) is 12.1. The Hall–Kier alpha value is -0.610. The molecule has 4 heteroatoms. The molecule has 0 aromatic heterocycles. The van der Waals surface area contributed by atoms with Gasteiger partial charge in [-0.05, 0) is 12.8 Å². The molecular formula is C43H86O4. The summed E-state index contributed by atoms with van der Waals surface area (Å²) in [5.41, 5.74) is 0. The number of hydrogen-bond acceptors (Lipinski definition) is 4. The molecule has 0 aliphatic heterocycles. The van der Waals surface area contributed by atoms with Crippen molar-refractivity contribution in [2.75, 3.05) is 19.8 Å². The zero-order chi connectivity index (χ0) is 34.1. The smallest absolute Gasteiger partial charge is 0.306 e. The van der Waals surface area contributed by atoms with Crippen LogP contribution in [0.2, 0.25) is 0 Å². The van der Waals surface area contributed by atoms with Gasteiger partial charge in [0, 0.05) is 13.0 Å². The Labute approximate surface area is 295 Å². The number of hydrogen-bond donors (Lipinski definition) is 1. The van der Waals surface area contributed by atoms with E-state index in [9.17, 15) is 9.90 Å². The Morgan fingerprint density at radius 1 is 0.426 bits per heavy atom. The van der Waals surface area contributed by atoms with Gasteiger partial charge in [0.25, 0.3) is 0 Å². The summed E-state index contributed by atoms with van der Waals surface area (Å²) in [6.45, 7) is 5.40. The fraction of sp³-hybridized carbons (Fsp3) is 0.977. The highest BCUT2D eigenvalue weighted by Crippen LogP contribution is 2.16. The van der Waals surface area contributed by atoms with Crippen molar-refractivity contribution >= 4 is 5.97 Å². The number of aliphatic hydroxyl groups is 1. The van der Waals surface area contributed by atoms with Crippen LogP contribution < -0.4 is 0 Å². The third-order valence-electron chi connectivity index (χ3n) is 9.93. The first kappa shape index (κ1) is 46.4. The van der Waals surface area contributed by atoms with Crippen molar-refractivity contribution in [3.8, 4) is 0 Å². The maximum absolute atomic E-state index is 12.2. The quantitative estimate of drug-likeness (QED) is 0.0521. The Morgan fingerprint density at radius 3 is 1.00 bits per heavy atom. The average molecular weight is 667 g/mol. The van der Waals surface area contributed by atoms with E-state index in [2.05, 4.69) is 13.8 Å². The molecule has 0 aliphatic rings. The molecule has 0 amide bonds. The Bertz CT molecular complexity index is 580. The van der Waals surface area contributed by atoms with E-state index >= 15 is 0 Å². The van der Waals surface area contributed by atoms with Gasteiger partial charge in [-0.15, -0.1) is 0 Å². The molecule has 0 spiro atoms. The van der Waals surface area contributed by atoms with E-state index in [4.69, 9.17) is 9.47 Å². The van der Waals surface area contributed by atoms with Gasteiger partial charge in [0.05, 0.1) is 13.2 Å². The fourth-order valence-corrected chi connectivity index (χ4v) is 6.68. The lowest BCUT2D eigenvalue weighted by Gasteiger charge is -2.16. The summed E-state index contributed by atoms with van der Waals surface area (Å²) in [6, 6.07) is 0. The van der Waals surface area contributed by atoms with Gasteiger partial charge in [-0.2, -0.15) is 0 Å². The number of rotatable bonds is 41. The third-order valence-corrected chi connectivity index (χ3v) is 9.93. The van der Waals surface area contributed by atoms with E-state index in [1.165, 1.54) is 205 Å². The van der Waals surface area contributed by atoms with Gasteiger partial charge < -0.3 is 14.6 Å². The Balaban J connectivity index is 3.34. The molecule has 1 N–H and O–H groups in total. The summed E-state index contributed by atoms with van der Waals surface area (Å²) in [5.74, 6) is -0.193. The molecule has 0 aromatic rings. The zero-order valence-electron chi connectivity index (χ0n) is 32.3. The molecule has 1 unspecified atom stereocenters. The predicted molar refractivity (Wildman–Crippen MR) is 205 cm³/mol.